The first-order chi connectivity index (χ1) is 14.4. The number of fused-ring (bicyclic) bond motifs is 1. The molecule has 0 fully saturated rings. The Morgan fingerprint density at radius 2 is 1.90 bits per heavy atom. The van der Waals surface area contributed by atoms with Crippen LogP contribution in [0.2, 0.25) is 10.0 Å². The third-order valence-corrected chi connectivity index (χ3v) is 5.17. The van der Waals surface area contributed by atoms with E-state index in [0.29, 0.717) is 26.8 Å². The van der Waals surface area contributed by atoms with Crippen molar-refractivity contribution < 1.29 is 4.79 Å². The molecule has 7 nitrogen and oxygen atoms in total. The average Bonchev–Trinajstić information content (AvgIpc) is 3.15. The van der Waals surface area contributed by atoms with Crippen molar-refractivity contribution in [3.8, 4) is 5.69 Å². The highest BCUT2D eigenvalue weighted by atomic mass is 35.5. The second-order valence-corrected chi connectivity index (χ2v) is 7.64. The van der Waals surface area contributed by atoms with Crippen LogP contribution in [0.4, 0.5) is 5.69 Å². The largest absolute Gasteiger partial charge is 0.325 e. The summed E-state index contributed by atoms with van der Waals surface area (Å²) in [7, 11) is 0. The highest BCUT2D eigenvalue weighted by Crippen LogP contribution is 2.25. The summed E-state index contributed by atoms with van der Waals surface area (Å²) >= 11 is 11.9. The number of nitrogens with one attached hydrogen (secondary N) is 1. The summed E-state index contributed by atoms with van der Waals surface area (Å²) in [6.45, 7) is 2.17. The average molecular weight is 442 g/mol. The lowest BCUT2D eigenvalue weighted by Gasteiger charge is -2.09. The van der Waals surface area contributed by atoms with E-state index < -0.39 is 0 Å². The Kier molecular flexibility index (Phi) is 5.57. The van der Waals surface area contributed by atoms with E-state index in [1.54, 1.807) is 22.9 Å². The van der Waals surface area contributed by atoms with Crippen molar-refractivity contribution in [2.45, 2.75) is 19.9 Å². The van der Waals surface area contributed by atoms with Crippen LogP contribution < -0.4 is 10.9 Å². The van der Waals surface area contributed by atoms with E-state index in [0.717, 1.165) is 11.3 Å². The number of aromatic nitrogens is 4. The van der Waals surface area contributed by atoms with Crippen molar-refractivity contribution in [1.82, 2.24) is 19.3 Å². The van der Waals surface area contributed by atoms with Gasteiger partial charge in [0.25, 0.3) is 5.56 Å². The minimum absolute atomic E-state index is 0.0815. The topological polar surface area (TPSA) is 81.8 Å². The van der Waals surface area contributed by atoms with Gasteiger partial charge in [0.05, 0.1) is 28.9 Å². The summed E-state index contributed by atoms with van der Waals surface area (Å²) in [5.74, 6) is -0.276. The van der Waals surface area contributed by atoms with E-state index >= 15 is 0 Å². The van der Waals surface area contributed by atoms with Gasteiger partial charge in [-0.25, -0.2) is 9.67 Å². The van der Waals surface area contributed by atoms with E-state index in [1.165, 1.54) is 17.1 Å². The minimum Gasteiger partial charge on any atom is -0.325 e. The Labute approximate surface area is 181 Å². The van der Waals surface area contributed by atoms with Gasteiger partial charge in [0.15, 0.2) is 5.65 Å². The smallest absolute Gasteiger partial charge is 0.264 e. The van der Waals surface area contributed by atoms with Gasteiger partial charge in [0, 0.05) is 18.0 Å². The van der Waals surface area contributed by atoms with Crippen molar-refractivity contribution in [2.75, 3.05) is 5.32 Å². The van der Waals surface area contributed by atoms with E-state index in [2.05, 4.69) is 15.4 Å². The first kappa shape index (κ1) is 20.1. The normalized spacial score (nSPS) is 11.0. The number of hydrogen-bond donors (Lipinski definition) is 1. The summed E-state index contributed by atoms with van der Waals surface area (Å²) in [5, 5.41) is 8.23. The predicted octanol–water partition coefficient (Wildman–Crippen LogP) is 4.23. The monoisotopic (exact) mass is 441 g/mol. The Hall–Kier alpha value is -3.16. The molecule has 0 unspecified atom stereocenters. The maximum Gasteiger partial charge on any atom is 0.264 e. The van der Waals surface area contributed by atoms with Crippen LogP contribution in [0.3, 0.4) is 0 Å². The number of hydrogen-bond acceptors (Lipinski definition) is 4. The van der Waals surface area contributed by atoms with Crippen molar-refractivity contribution in [1.29, 1.82) is 0 Å². The molecule has 0 aliphatic heterocycles. The lowest BCUT2D eigenvalue weighted by atomic mass is 10.2. The molecule has 2 aromatic heterocycles. The molecule has 0 aliphatic carbocycles. The molecular formula is C21H17Cl2N5O2. The zero-order valence-electron chi connectivity index (χ0n) is 16.0. The highest BCUT2D eigenvalue weighted by Gasteiger charge is 2.13. The Morgan fingerprint density at radius 1 is 1.13 bits per heavy atom. The number of anilines is 1. The fourth-order valence-corrected chi connectivity index (χ4v) is 3.46. The number of halogens is 2. The second-order valence-electron chi connectivity index (χ2n) is 6.79. The zero-order valence-corrected chi connectivity index (χ0v) is 17.5. The van der Waals surface area contributed by atoms with Gasteiger partial charge >= 0.3 is 0 Å². The molecule has 4 rings (SSSR count). The van der Waals surface area contributed by atoms with E-state index in [4.69, 9.17) is 23.2 Å². The van der Waals surface area contributed by atoms with Crippen LogP contribution in [-0.2, 0) is 11.3 Å². The molecule has 30 heavy (non-hydrogen) atoms. The maximum absolute atomic E-state index is 12.8. The molecule has 0 bridgehead atoms. The lowest BCUT2D eigenvalue weighted by molar-refractivity contribution is -0.116. The Balaban J connectivity index is 1.51. The van der Waals surface area contributed by atoms with Crippen LogP contribution >= 0.6 is 23.2 Å². The van der Waals surface area contributed by atoms with Gasteiger partial charge in [-0.15, -0.1) is 0 Å². The van der Waals surface area contributed by atoms with Gasteiger partial charge in [-0.2, -0.15) is 5.10 Å². The van der Waals surface area contributed by atoms with Crippen LogP contribution in [0.1, 0.15) is 12.0 Å². The van der Waals surface area contributed by atoms with Crippen molar-refractivity contribution in [3.05, 3.63) is 81.0 Å². The molecule has 0 saturated carbocycles. The summed E-state index contributed by atoms with van der Waals surface area (Å²) in [5.41, 5.74) is 2.63. The number of amides is 1. The third-order valence-electron chi connectivity index (χ3n) is 4.62. The van der Waals surface area contributed by atoms with Gasteiger partial charge in [0.1, 0.15) is 5.39 Å². The third kappa shape index (κ3) is 4.08. The number of carbonyl (C=O) groups is 1. The van der Waals surface area contributed by atoms with E-state index in [1.807, 2.05) is 31.2 Å². The number of nitrogens with zero attached hydrogens (tertiary/aromatic N) is 4. The summed E-state index contributed by atoms with van der Waals surface area (Å²) in [4.78, 5) is 29.4. The zero-order chi connectivity index (χ0) is 21.3. The molecular weight excluding hydrogens is 425 g/mol. The van der Waals surface area contributed by atoms with Crippen LogP contribution in [0.15, 0.2) is 59.8 Å². The molecule has 4 aromatic rings. The number of aryl methyl sites for hydroxylation is 2. The highest BCUT2D eigenvalue weighted by molar-refractivity contribution is 6.36. The number of carbonyl (C=O) groups excluding carboxylic acids is 1. The first-order valence-corrected chi connectivity index (χ1v) is 9.93. The van der Waals surface area contributed by atoms with Crippen LogP contribution in [0.5, 0.6) is 0 Å². The molecule has 2 aromatic carbocycles. The quantitative estimate of drug-likeness (QED) is 0.502. The van der Waals surface area contributed by atoms with Crippen LogP contribution in [0, 0.1) is 6.92 Å². The molecule has 0 spiro atoms. The molecule has 0 saturated heterocycles. The van der Waals surface area contributed by atoms with Crippen LogP contribution in [0.25, 0.3) is 16.7 Å². The van der Waals surface area contributed by atoms with Gasteiger partial charge < -0.3 is 5.32 Å². The second kappa shape index (κ2) is 8.30. The summed E-state index contributed by atoms with van der Waals surface area (Å²) in [6, 6.07) is 12.6. The standard InChI is InChI=1S/C21H17Cl2N5O2/c1-13-2-5-15(6-3-13)28-20-16(11-25-28)21(30)27(12-24-20)9-8-19(29)26-18-7-4-14(22)10-17(18)23/h2-7,10-12H,8-9H2,1H3,(H,26,29). The molecule has 1 N–H and O–H groups in total. The summed E-state index contributed by atoms with van der Waals surface area (Å²) in [6.07, 6.45) is 3.01. The van der Waals surface area contributed by atoms with E-state index in [-0.39, 0.29) is 24.4 Å². The van der Waals surface area contributed by atoms with Gasteiger partial charge in [-0.1, -0.05) is 40.9 Å². The van der Waals surface area contributed by atoms with Crippen molar-refractivity contribution in [3.63, 3.8) is 0 Å². The number of benzene rings is 2. The Morgan fingerprint density at radius 3 is 2.63 bits per heavy atom. The first-order valence-electron chi connectivity index (χ1n) is 9.17. The fraction of sp³-hybridized carbons (Fsp3) is 0.143. The Bertz CT molecular complexity index is 1300. The SMILES string of the molecule is Cc1ccc(-n2ncc3c(=O)n(CCC(=O)Nc4ccc(Cl)cc4Cl)cnc32)cc1. The molecule has 152 valence electrons. The van der Waals surface area contributed by atoms with Crippen LogP contribution in [-0.4, -0.2) is 25.2 Å². The predicted molar refractivity (Wildman–Crippen MR) is 118 cm³/mol. The van der Waals surface area contributed by atoms with E-state index in [9.17, 15) is 9.59 Å². The van der Waals surface area contributed by atoms with Gasteiger partial charge in [-0.3, -0.25) is 14.2 Å². The minimum atomic E-state index is -0.276. The fourth-order valence-electron chi connectivity index (χ4n) is 3.01. The molecule has 0 radical (unpaired) electrons. The summed E-state index contributed by atoms with van der Waals surface area (Å²) < 4.78 is 3.02. The molecule has 0 aliphatic rings. The molecule has 2 heterocycles. The maximum atomic E-state index is 12.8. The molecule has 1 amide bonds. The molecule has 0 atom stereocenters. The van der Waals surface area contributed by atoms with Gasteiger partial charge in [0.2, 0.25) is 5.91 Å². The lowest BCUT2D eigenvalue weighted by Crippen LogP contribution is -2.23. The van der Waals surface area contributed by atoms with Crippen molar-refractivity contribution in [2.24, 2.45) is 0 Å². The van der Waals surface area contributed by atoms with Crippen molar-refractivity contribution >= 4 is 45.8 Å². The number of rotatable bonds is 5. The van der Waals surface area contributed by atoms with Gasteiger partial charge in [-0.05, 0) is 37.3 Å². The molecule has 9 heteroatoms.